The third kappa shape index (κ3) is 4.35. The van der Waals surface area contributed by atoms with E-state index in [4.69, 9.17) is 0 Å². The highest BCUT2D eigenvalue weighted by molar-refractivity contribution is 5.79. The highest BCUT2D eigenvalue weighted by Gasteiger charge is 2.26. The molecule has 3 rings (SSSR count). The lowest BCUT2D eigenvalue weighted by atomic mass is 9.97. The van der Waals surface area contributed by atoms with Crippen molar-refractivity contribution in [1.82, 2.24) is 15.3 Å². The van der Waals surface area contributed by atoms with E-state index in [0.717, 1.165) is 43.5 Å². The molecule has 1 fully saturated rings. The number of carbonyl (C=O) groups is 1. The highest BCUT2D eigenvalue weighted by atomic mass is 16.1. The molecule has 1 atom stereocenters. The van der Waals surface area contributed by atoms with Crippen molar-refractivity contribution >= 4 is 11.9 Å². The van der Waals surface area contributed by atoms with Gasteiger partial charge in [-0.1, -0.05) is 36.8 Å². The van der Waals surface area contributed by atoms with Gasteiger partial charge >= 0.3 is 0 Å². The van der Waals surface area contributed by atoms with Crippen molar-refractivity contribution in [1.29, 1.82) is 0 Å². The Hall–Kier alpha value is -2.43. The molecule has 132 valence electrons. The number of hydrogen-bond donors (Lipinski definition) is 1. The minimum absolute atomic E-state index is 0.0284. The van der Waals surface area contributed by atoms with Crippen LogP contribution in [0.25, 0.3) is 11.1 Å². The van der Waals surface area contributed by atoms with Gasteiger partial charge in [0.2, 0.25) is 11.9 Å². The molecule has 0 unspecified atom stereocenters. The lowest BCUT2D eigenvalue weighted by Crippen LogP contribution is -2.43. The van der Waals surface area contributed by atoms with Gasteiger partial charge in [0.25, 0.3) is 0 Å². The van der Waals surface area contributed by atoms with E-state index in [0.29, 0.717) is 12.5 Å². The number of nitrogens with zero attached hydrogens (tertiary/aromatic N) is 3. The van der Waals surface area contributed by atoms with Gasteiger partial charge in [-0.15, -0.1) is 0 Å². The number of nitrogens with one attached hydrogen (secondary N) is 1. The fourth-order valence-electron chi connectivity index (χ4n) is 3.14. The smallest absolute Gasteiger partial charge is 0.225 e. The van der Waals surface area contributed by atoms with Crippen LogP contribution in [0.4, 0.5) is 5.95 Å². The van der Waals surface area contributed by atoms with Gasteiger partial charge in [-0.2, -0.15) is 0 Å². The van der Waals surface area contributed by atoms with Crippen LogP contribution in [0.3, 0.4) is 0 Å². The second kappa shape index (κ2) is 8.10. The zero-order valence-corrected chi connectivity index (χ0v) is 15.0. The second-order valence-electron chi connectivity index (χ2n) is 6.71. The molecule has 5 nitrogen and oxygen atoms in total. The van der Waals surface area contributed by atoms with E-state index < -0.39 is 0 Å². The first-order valence-electron chi connectivity index (χ1n) is 9.09. The first kappa shape index (κ1) is 17.4. The summed E-state index contributed by atoms with van der Waals surface area (Å²) in [5.74, 6) is 0.896. The van der Waals surface area contributed by atoms with Crippen molar-refractivity contribution in [3.63, 3.8) is 0 Å². The summed E-state index contributed by atoms with van der Waals surface area (Å²) in [6.45, 7) is 6.49. The molecule has 1 aliphatic heterocycles. The number of aryl methyl sites for hydroxylation is 1. The molecule has 2 heterocycles. The maximum absolute atomic E-state index is 12.2. The summed E-state index contributed by atoms with van der Waals surface area (Å²) in [5, 5.41) is 3.00. The maximum Gasteiger partial charge on any atom is 0.225 e. The summed E-state index contributed by atoms with van der Waals surface area (Å²) in [7, 11) is 0. The van der Waals surface area contributed by atoms with Crippen LogP contribution in [-0.4, -0.2) is 35.5 Å². The molecule has 1 aromatic carbocycles. The molecule has 0 bridgehead atoms. The average Bonchev–Trinajstić information content (AvgIpc) is 2.67. The zero-order valence-electron chi connectivity index (χ0n) is 15.0. The van der Waals surface area contributed by atoms with Crippen LogP contribution in [-0.2, 0) is 4.79 Å². The van der Waals surface area contributed by atoms with Crippen LogP contribution >= 0.6 is 0 Å². The van der Waals surface area contributed by atoms with Crippen molar-refractivity contribution in [2.45, 2.75) is 33.1 Å². The van der Waals surface area contributed by atoms with Gasteiger partial charge in [-0.3, -0.25) is 4.79 Å². The normalized spacial score (nSPS) is 17.4. The Bertz CT molecular complexity index is 697. The number of carbonyl (C=O) groups excluding carboxylic acids is 1. The third-order valence-corrected chi connectivity index (χ3v) is 4.65. The topological polar surface area (TPSA) is 58.1 Å². The van der Waals surface area contributed by atoms with E-state index in [1.165, 1.54) is 5.56 Å². The molecule has 0 aliphatic carbocycles. The van der Waals surface area contributed by atoms with E-state index in [1.54, 1.807) is 0 Å². The highest BCUT2D eigenvalue weighted by Crippen LogP contribution is 2.23. The average molecular weight is 338 g/mol. The Kier molecular flexibility index (Phi) is 5.64. The van der Waals surface area contributed by atoms with Gasteiger partial charge in [0, 0.05) is 37.6 Å². The Balaban J connectivity index is 1.67. The quantitative estimate of drug-likeness (QED) is 0.909. The fraction of sp³-hybridized carbons (Fsp3) is 0.450. The number of anilines is 1. The predicted octanol–water partition coefficient (Wildman–Crippen LogP) is 3.19. The summed E-state index contributed by atoms with van der Waals surface area (Å²) in [5.41, 5.74) is 3.37. The van der Waals surface area contributed by atoms with Crippen molar-refractivity contribution in [3.05, 3.63) is 42.2 Å². The minimum Gasteiger partial charge on any atom is -0.356 e. The van der Waals surface area contributed by atoms with E-state index >= 15 is 0 Å². The molecule has 1 amide bonds. The summed E-state index contributed by atoms with van der Waals surface area (Å²) >= 11 is 0. The number of aromatic nitrogens is 2. The van der Waals surface area contributed by atoms with Gasteiger partial charge < -0.3 is 10.2 Å². The van der Waals surface area contributed by atoms with Gasteiger partial charge in [0.05, 0.1) is 5.92 Å². The van der Waals surface area contributed by atoms with E-state index in [1.807, 2.05) is 12.4 Å². The van der Waals surface area contributed by atoms with Crippen molar-refractivity contribution < 1.29 is 4.79 Å². The Morgan fingerprint density at radius 1 is 1.20 bits per heavy atom. The predicted molar refractivity (Wildman–Crippen MR) is 100 cm³/mol. The summed E-state index contributed by atoms with van der Waals surface area (Å²) < 4.78 is 0. The van der Waals surface area contributed by atoms with Crippen LogP contribution in [0.1, 0.15) is 31.7 Å². The van der Waals surface area contributed by atoms with Gasteiger partial charge in [0.15, 0.2) is 0 Å². The summed E-state index contributed by atoms with van der Waals surface area (Å²) in [4.78, 5) is 23.4. The Labute approximate surface area is 149 Å². The first-order chi connectivity index (χ1) is 12.2. The summed E-state index contributed by atoms with van der Waals surface area (Å²) in [6.07, 6.45) is 6.63. The molecule has 1 saturated heterocycles. The number of piperidine rings is 1. The van der Waals surface area contributed by atoms with Crippen LogP contribution in [0, 0.1) is 12.8 Å². The Morgan fingerprint density at radius 2 is 1.92 bits per heavy atom. The van der Waals surface area contributed by atoms with Gasteiger partial charge in [-0.25, -0.2) is 9.97 Å². The molecule has 0 radical (unpaired) electrons. The number of amides is 1. The maximum atomic E-state index is 12.2. The fourth-order valence-corrected chi connectivity index (χ4v) is 3.14. The standard InChI is InChI=1S/C20H26N4O/c1-3-10-21-19(25)17-5-4-11-24(14-17)20-22-12-18(13-23-20)16-8-6-15(2)7-9-16/h6-9,12-13,17H,3-5,10-11,14H2,1-2H3,(H,21,25)/t17-/m1/s1. The summed E-state index contributed by atoms with van der Waals surface area (Å²) in [6, 6.07) is 8.35. The molecular formula is C20H26N4O. The van der Waals surface area contributed by atoms with Crippen molar-refractivity contribution in [2.75, 3.05) is 24.5 Å². The molecule has 0 saturated carbocycles. The third-order valence-electron chi connectivity index (χ3n) is 4.65. The number of hydrogen-bond acceptors (Lipinski definition) is 4. The number of benzene rings is 1. The van der Waals surface area contributed by atoms with Crippen LogP contribution in [0.15, 0.2) is 36.7 Å². The molecule has 2 aromatic rings. The zero-order chi connectivity index (χ0) is 17.6. The molecule has 1 aromatic heterocycles. The Morgan fingerprint density at radius 3 is 2.60 bits per heavy atom. The largest absolute Gasteiger partial charge is 0.356 e. The monoisotopic (exact) mass is 338 g/mol. The van der Waals surface area contributed by atoms with E-state index in [2.05, 4.69) is 58.3 Å². The van der Waals surface area contributed by atoms with E-state index in [-0.39, 0.29) is 11.8 Å². The molecule has 1 aliphatic rings. The lowest BCUT2D eigenvalue weighted by Gasteiger charge is -2.32. The van der Waals surface area contributed by atoms with Gasteiger partial charge in [-0.05, 0) is 31.7 Å². The molecule has 25 heavy (non-hydrogen) atoms. The van der Waals surface area contributed by atoms with Crippen molar-refractivity contribution in [2.24, 2.45) is 5.92 Å². The minimum atomic E-state index is 0.0284. The van der Waals surface area contributed by atoms with Crippen LogP contribution in [0.5, 0.6) is 0 Å². The SMILES string of the molecule is CCCNC(=O)[C@@H]1CCCN(c2ncc(-c3ccc(C)cc3)cn2)C1. The van der Waals surface area contributed by atoms with Crippen LogP contribution in [0.2, 0.25) is 0 Å². The van der Waals surface area contributed by atoms with Crippen LogP contribution < -0.4 is 10.2 Å². The second-order valence-corrected chi connectivity index (χ2v) is 6.71. The molecular weight excluding hydrogens is 312 g/mol. The van der Waals surface area contributed by atoms with Crippen molar-refractivity contribution in [3.8, 4) is 11.1 Å². The molecule has 1 N–H and O–H groups in total. The molecule has 0 spiro atoms. The first-order valence-corrected chi connectivity index (χ1v) is 9.09. The number of rotatable bonds is 5. The molecule has 5 heteroatoms. The van der Waals surface area contributed by atoms with E-state index in [9.17, 15) is 4.79 Å². The van der Waals surface area contributed by atoms with Gasteiger partial charge in [0.1, 0.15) is 0 Å². The lowest BCUT2D eigenvalue weighted by molar-refractivity contribution is -0.125.